The lowest BCUT2D eigenvalue weighted by molar-refractivity contribution is 0.588. The Labute approximate surface area is 139 Å². The van der Waals surface area contributed by atoms with Crippen LogP contribution in [0.4, 0.5) is 5.69 Å². The summed E-state index contributed by atoms with van der Waals surface area (Å²) in [5.41, 5.74) is 1.28. The highest BCUT2D eigenvalue weighted by Gasteiger charge is 2.18. The lowest BCUT2D eigenvalue weighted by Crippen LogP contribution is -2.19. The van der Waals surface area contributed by atoms with E-state index in [2.05, 4.69) is 14.4 Å². The monoisotopic (exact) mass is 365 g/mol. The Bertz CT molecular complexity index is 1100. The molecule has 3 N–H and O–H groups in total. The first-order valence-electron chi connectivity index (χ1n) is 6.95. The molecule has 0 bridgehead atoms. The van der Waals surface area contributed by atoms with Crippen LogP contribution in [0.5, 0.6) is 0 Å². The molecule has 0 radical (unpaired) electrons. The fraction of sp³-hybridized carbons (Fsp3) is 0.0667. The molecule has 0 saturated carbocycles. The van der Waals surface area contributed by atoms with Gasteiger partial charge < -0.3 is 4.98 Å². The van der Waals surface area contributed by atoms with Gasteiger partial charge in [0.05, 0.1) is 9.79 Å². The number of aromatic amines is 1. The topological polar surface area (TPSA) is 108 Å². The van der Waals surface area contributed by atoms with Crippen molar-refractivity contribution in [2.24, 2.45) is 0 Å². The molecule has 1 aromatic heterocycles. The van der Waals surface area contributed by atoms with Crippen molar-refractivity contribution in [1.29, 1.82) is 0 Å². The van der Waals surface area contributed by atoms with Crippen molar-refractivity contribution in [2.75, 3.05) is 11.8 Å². The Morgan fingerprint density at radius 1 is 0.875 bits per heavy atom. The molecule has 3 aromatic rings. The number of benzene rings is 2. The van der Waals surface area contributed by atoms with E-state index < -0.39 is 20.0 Å². The van der Waals surface area contributed by atoms with Gasteiger partial charge in [0.1, 0.15) is 0 Å². The second kappa shape index (κ2) is 5.93. The molecule has 7 nitrogen and oxygen atoms in total. The first kappa shape index (κ1) is 16.5. The molecule has 0 aliphatic rings. The highest BCUT2D eigenvalue weighted by molar-refractivity contribution is 7.93. The molecule has 126 valence electrons. The predicted molar refractivity (Wildman–Crippen MR) is 91.8 cm³/mol. The Morgan fingerprint density at radius 3 is 2.29 bits per heavy atom. The Kier molecular flexibility index (Phi) is 4.08. The standard InChI is InChI=1S/C15H15N3O4S2/c1-16-23(19,20)13-3-2-4-14(10-13)24(21,22)18-12-5-6-15-11(9-12)7-8-17-15/h2-10,16-18H,1H3. The van der Waals surface area contributed by atoms with Crippen LogP contribution in [0.2, 0.25) is 0 Å². The lowest BCUT2D eigenvalue weighted by Gasteiger charge is -2.10. The van der Waals surface area contributed by atoms with Crippen LogP contribution in [-0.2, 0) is 20.0 Å². The Morgan fingerprint density at radius 2 is 1.58 bits per heavy atom. The summed E-state index contributed by atoms with van der Waals surface area (Å²) in [6.45, 7) is 0. The van der Waals surface area contributed by atoms with Gasteiger partial charge in [-0.15, -0.1) is 0 Å². The van der Waals surface area contributed by atoms with Crippen LogP contribution in [0.3, 0.4) is 0 Å². The first-order chi connectivity index (χ1) is 11.3. The third-order valence-electron chi connectivity index (χ3n) is 3.50. The fourth-order valence-corrected chi connectivity index (χ4v) is 4.20. The summed E-state index contributed by atoms with van der Waals surface area (Å²) in [4.78, 5) is 2.77. The third kappa shape index (κ3) is 3.14. The molecule has 0 spiro atoms. The number of sulfonamides is 2. The van der Waals surface area contributed by atoms with Crippen molar-refractivity contribution in [3.8, 4) is 0 Å². The van der Waals surface area contributed by atoms with E-state index in [0.717, 1.165) is 17.0 Å². The zero-order valence-corrected chi connectivity index (χ0v) is 14.3. The summed E-state index contributed by atoms with van der Waals surface area (Å²) in [7, 11) is -6.37. The van der Waals surface area contributed by atoms with Gasteiger partial charge in [0.25, 0.3) is 10.0 Å². The first-order valence-corrected chi connectivity index (χ1v) is 9.92. The van der Waals surface area contributed by atoms with E-state index in [0.29, 0.717) is 5.69 Å². The molecule has 0 unspecified atom stereocenters. The molecule has 0 saturated heterocycles. The summed E-state index contributed by atoms with van der Waals surface area (Å²) in [6.07, 6.45) is 1.76. The number of hydrogen-bond acceptors (Lipinski definition) is 4. The summed E-state index contributed by atoms with van der Waals surface area (Å²) >= 11 is 0. The molecule has 0 amide bonds. The van der Waals surface area contributed by atoms with Gasteiger partial charge in [-0.3, -0.25) is 4.72 Å². The lowest BCUT2D eigenvalue weighted by atomic mass is 10.2. The number of aromatic nitrogens is 1. The average molecular weight is 365 g/mol. The van der Waals surface area contributed by atoms with Crippen molar-refractivity contribution in [3.05, 3.63) is 54.7 Å². The molecule has 0 fully saturated rings. The van der Waals surface area contributed by atoms with Crippen LogP contribution in [0, 0.1) is 0 Å². The molecule has 0 atom stereocenters. The van der Waals surface area contributed by atoms with Crippen molar-refractivity contribution in [3.63, 3.8) is 0 Å². The van der Waals surface area contributed by atoms with Crippen molar-refractivity contribution in [1.82, 2.24) is 9.71 Å². The normalized spacial score (nSPS) is 12.4. The molecule has 0 aliphatic heterocycles. The molecule has 2 aromatic carbocycles. The molecular weight excluding hydrogens is 350 g/mol. The number of anilines is 1. The minimum absolute atomic E-state index is 0.117. The quantitative estimate of drug-likeness (QED) is 0.641. The van der Waals surface area contributed by atoms with Gasteiger partial charge in [-0.05, 0) is 49.5 Å². The van der Waals surface area contributed by atoms with E-state index in [-0.39, 0.29) is 9.79 Å². The predicted octanol–water partition coefficient (Wildman–Crippen LogP) is 1.88. The molecule has 24 heavy (non-hydrogen) atoms. The van der Waals surface area contributed by atoms with E-state index >= 15 is 0 Å². The number of fused-ring (bicyclic) bond motifs is 1. The third-order valence-corrected chi connectivity index (χ3v) is 6.29. The largest absolute Gasteiger partial charge is 0.361 e. The summed E-state index contributed by atoms with van der Waals surface area (Å²) in [5.74, 6) is 0. The van der Waals surface area contributed by atoms with E-state index in [1.807, 2.05) is 6.07 Å². The van der Waals surface area contributed by atoms with Gasteiger partial charge in [-0.25, -0.2) is 21.6 Å². The molecule has 0 aliphatic carbocycles. The Balaban J connectivity index is 1.97. The van der Waals surface area contributed by atoms with Crippen molar-refractivity contribution in [2.45, 2.75) is 9.79 Å². The van der Waals surface area contributed by atoms with E-state index in [1.165, 1.54) is 25.2 Å². The van der Waals surface area contributed by atoms with Gasteiger partial charge >= 0.3 is 0 Å². The van der Waals surface area contributed by atoms with E-state index in [9.17, 15) is 16.8 Å². The minimum Gasteiger partial charge on any atom is -0.361 e. The zero-order chi connectivity index (χ0) is 17.4. The van der Waals surface area contributed by atoms with Crippen LogP contribution in [0.15, 0.2) is 64.5 Å². The smallest absolute Gasteiger partial charge is 0.261 e. The highest BCUT2D eigenvalue weighted by Crippen LogP contribution is 2.22. The number of nitrogens with one attached hydrogen (secondary N) is 3. The number of rotatable bonds is 5. The fourth-order valence-electron chi connectivity index (χ4n) is 2.26. The van der Waals surface area contributed by atoms with E-state index in [1.54, 1.807) is 24.4 Å². The van der Waals surface area contributed by atoms with Crippen LogP contribution in [-0.4, -0.2) is 28.9 Å². The molecular formula is C15H15N3O4S2. The Hall–Kier alpha value is -2.36. The molecule has 1 heterocycles. The summed E-state index contributed by atoms with van der Waals surface area (Å²) in [5, 5.41) is 0.863. The second-order valence-corrected chi connectivity index (χ2v) is 8.64. The number of H-pyrrole nitrogens is 1. The van der Waals surface area contributed by atoms with Crippen molar-refractivity contribution >= 4 is 36.6 Å². The summed E-state index contributed by atoms with van der Waals surface area (Å²) in [6, 6.07) is 12.1. The van der Waals surface area contributed by atoms with Gasteiger partial charge in [0.2, 0.25) is 10.0 Å². The van der Waals surface area contributed by atoms with Crippen LogP contribution in [0.25, 0.3) is 10.9 Å². The SMILES string of the molecule is CNS(=O)(=O)c1cccc(S(=O)(=O)Nc2ccc3[nH]ccc3c2)c1. The summed E-state index contributed by atoms with van der Waals surface area (Å²) < 4.78 is 53.3. The van der Waals surface area contributed by atoms with Crippen LogP contribution < -0.4 is 9.44 Å². The number of hydrogen-bond donors (Lipinski definition) is 3. The average Bonchev–Trinajstić information content (AvgIpc) is 3.02. The maximum atomic E-state index is 12.5. The van der Waals surface area contributed by atoms with Gasteiger partial charge in [0, 0.05) is 22.8 Å². The zero-order valence-electron chi connectivity index (χ0n) is 12.6. The van der Waals surface area contributed by atoms with Gasteiger partial charge in [-0.2, -0.15) is 0 Å². The maximum Gasteiger partial charge on any atom is 0.261 e. The van der Waals surface area contributed by atoms with Gasteiger partial charge in [-0.1, -0.05) is 6.07 Å². The van der Waals surface area contributed by atoms with Gasteiger partial charge in [0.15, 0.2) is 0 Å². The van der Waals surface area contributed by atoms with E-state index in [4.69, 9.17) is 0 Å². The minimum atomic E-state index is -3.91. The second-order valence-electron chi connectivity index (χ2n) is 5.07. The molecule has 3 rings (SSSR count). The van der Waals surface area contributed by atoms with Crippen LogP contribution in [0.1, 0.15) is 0 Å². The highest BCUT2D eigenvalue weighted by atomic mass is 32.2. The van der Waals surface area contributed by atoms with Crippen LogP contribution >= 0.6 is 0 Å². The maximum absolute atomic E-state index is 12.5. The van der Waals surface area contributed by atoms with Crippen molar-refractivity contribution < 1.29 is 16.8 Å². The molecule has 9 heteroatoms.